The minimum Gasteiger partial charge on any atom is -0.394 e. The molecule has 0 fully saturated rings. The van der Waals surface area contributed by atoms with Crippen LogP contribution in [0.3, 0.4) is 0 Å². The average Bonchev–Trinajstić information content (AvgIpc) is 3.40. The summed E-state index contributed by atoms with van der Waals surface area (Å²) < 4.78 is 3.16. The van der Waals surface area contributed by atoms with Crippen LogP contribution in [0.2, 0.25) is 5.02 Å². The number of nitrogens with one attached hydrogen (secondary N) is 2. The quantitative estimate of drug-likeness (QED) is 0.340. The van der Waals surface area contributed by atoms with Gasteiger partial charge in [0.2, 0.25) is 0 Å². The van der Waals surface area contributed by atoms with E-state index < -0.39 is 17.4 Å². The second-order valence-corrected chi connectivity index (χ2v) is 9.46. The Balaban J connectivity index is 1.79. The molecule has 0 atom stereocenters. The number of halogens is 2. The molecule has 4 rings (SSSR count). The summed E-state index contributed by atoms with van der Waals surface area (Å²) in [5.41, 5.74) is 0.972. The Morgan fingerprint density at radius 1 is 1.21 bits per heavy atom. The van der Waals surface area contributed by atoms with E-state index in [1.165, 1.54) is 15.3 Å². The zero-order valence-electron chi connectivity index (χ0n) is 18.5. The highest BCUT2D eigenvalue weighted by molar-refractivity contribution is 9.10. The van der Waals surface area contributed by atoms with Gasteiger partial charge >= 0.3 is 0 Å². The number of carbonyl (C=O) groups excluding carboxylic acids is 2. The molecule has 0 radical (unpaired) electrons. The summed E-state index contributed by atoms with van der Waals surface area (Å²) in [4.78, 5) is 30.9. The number of anilines is 1. The Morgan fingerprint density at radius 2 is 1.97 bits per heavy atom. The Hall–Kier alpha value is -3.28. The van der Waals surface area contributed by atoms with Crippen molar-refractivity contribution in [1.82, 2.24) is 29.7 Å². The molecular formula is C22H21BrClN7O3. The van der Waals surface area contributed by atoms with E-state index in [1.54, 1.807) is 57.4 Å². The van der Waals surface area contributed by atoms with Crippen LogP contribution in [-0.2, 0) is 0 Å². The highest BCUT2D eigenvalue weighted by Gasteiger charge is 2.27. The highest BCUT2D eigenvalue weighted by Crippen LogP contribution is 2.26. The Bertz CT molecular complexity index is 1410. The predicted molar refractivity (Wildman–Crippen MR) is 131 cm³/mol. The number of aliphatic hydroxyl groups excluding tert-OH is 1. The molecule has 0 spiro atoms. The van der Waals surface area contributed by atoms with E-state index in [9.17, 15) is 14.7 Å². The van der Waals surface area contributed by atoms with Crippen molar-refractivity contribution in [2.24, 2.45) is 0 Å². The topological polar surface area (TPSA) is 126 Å². The van der Waals surface area contributed by atoms with Crippen LogP contribution < -0.4 is 10.6 Å². The molecule has 0 saturated heterocycles. The van der Waals surface area contributed by atoms with Crippen LogP contribution in [0.1, 0.15) is 40.4 Å². The fourth-order valence-corrected chi connectivity index (χ4v) is 3.93. The molecule has 0 aliphatic carbocycles. The maximum Gasteiger partial charge on any atom is 0.274 e. The number of fused-ring (bicyclic) bond motifs is 1. The number of pyridine rings is 2. The van der Waals surface area contributed by atoms with Gasteiger partial charge in [-0.05, 0) is 66.5 Å². The van der Waals surface area contributed by atoms with Crippen molar-refractivity contribution in [3.8, 4) is 5.82 Å². The van der Waals surface area contributed by atoms with E-state index in [0.29, 0.717) is 20.7 Å². The first-order valence-corrected chi connectivity index (χ1v) is 11.4. The molecular weight excluding hydrogens is 526 g/mol. The van der Waals surface area contributed by atoms with Gasteiger partial charge in [-0.1, -0.05) is 11.6 Å². The molecule has 2 amide bonds. The largest absolute Gasteiger partial charge is 0.394 e. The third-order valence-electron chi connectivity index (χ3n) is 5.03. The Kier molecular flexibility index (Phi) is 6.43. The first-order chi connectivity index (χ1) is 16.1. The van der Waals surface area contributed by atoms with Gasteiger partial charge in [0.15, 0.2) is 11.5 Å². The number of hydrogen-bond donors (Lipinski definition) is 3. The van der Waals surface area contributed by atoms with Crippen LogP contribution in [0.4, 0.5) is 5.69 Å². The molecule has 34 heavy (non-hydrogen) atoms. The Labute approximate surface area is 208 Å². The summed E-state index contributed by atoms with van der Waals surface area (Å²) in [6.45, 7) is 4.88. The predicted octanol–water partition coefficient (Wildman–Crippen LogP) is 3.39. The Morgan fingerprint density at radius 3 is 2.68 bits per heavy atom. The van der Waals surface area contributed by atoms with Crippen LogP contribution in [0.5, 0.6) is 0 Å². The summed E-state index contributed by atoms with van der Waals surface area (Å²) in [6.07, 6.45) is 3.10. The molecule has 4 heterocycles. The lowest BCUT2D eigenvalue weighted by atomic mass is 10.1. The molecule has 0 aromatic carbocycles. The lowest BCUT2D eigenvalue weighted by Gasteiger charge is -2.25. The van der Waals surface area contributed by atoms with Gasteiger partial charge in [0.1, 0.15) is 10.3 Å². The fraction of sp³-hybridized carbons (Fsp3) is 0.227. The number of rotatable bonds is 6. The van der Waals surface area contributed by atoms with Crippen molar-refractivity contribution < 1.29 is 14.7 Å². The molecule has 3 N–H and O–H groups in total. The number of aromatic nitrogens is 5. The third-order valence-corrected chi connectivity index (χ3v) is 5.71. The summed E-state index contributed by atoms with van der Waals surface area (Å²) in [7, 11) is 0. The maximum atomic E-state index is 13.4. The maximum absolute atomic E-state index is 13.4. The molecule has 0 aliphatic heterocycles. The first kappa shape index (κ1) is 23.9. The van der Waals surface area contributed by atoms with Gasteiger partial charge in [0, 0.05) is 12.3 Å². The van der Waals surface area contributed by atoms with Crippen LogP contribution in [0.15, 0.2) is 47.3 Å². The molecule has 176 valence electrons. The van der Waals surface area contributed by atoms with Crippen molar-refractivity contribution in [1.29, 1.82) is 0 Å². The molecule has 4 aromatic heterocycles. The molecule has 0 unspecified atom stereocenters. The number of carbonyl (C=O) groups is 2. The number of amides is 2. The van der Waals surface area contributed by atoms with Crippen molar-refractivity contribution in [3.05, 3.63) is 69.3 Å². The summed E-state index contributed by atoms with van der Waals surface area (Å²) in [5, 5.41) is 24.1. The van der Waals surface area contributed by atoms with Crippen LogP contribution >= 0.6 is 27.5 Å². The molecule has 0 bridgehead atoms. The second kappa shape index (κ2) is 9.16. The van der Waals surface area contributed by atoms with E-state index >= 15 is 0 Å². The summed E-state index contributed by atoms with van der Waals surface area (Å²) in [5.74, 6) is -0.763. The van der Waals surface area contributed by atoms with Crippen molar-refractivity contribution in [2.75, 3.05) is 11.9 Å². The minimum atomic E-state index is -0.888. The lowest BCUT2D eigenvalue weighted by molar-refractivity contribution is 0.0862. The molecule has 12 heteroatoms. The number of aliphatic hydroxyl groups is 1. The smallest absolute Gasteiger partial charge is 0.274 e. The van der Waals surface area contributed by atoms with Crippen LogP contribution in [0.25, 0.3) is 11.3 Å². The van der Waals surface area contributed by atoms with E-state index in [1.807, 2.05) is 0 Å². The van der Waals surface area contributed by atoms with E-state index in [2.05, 4.69) is 41.7 Å². The van der Waals surface area contributed by atoms with Crippen LogP contribution in [-0.4, -0.2) is 53.4 Å². The van der Waals surface area contributed by atoms with Gasteiger partial charge in [-0.2, -0.15) is 10.2 Å². The highest BCUT2D eigenvalue weighted by atomic mass is 79.9. The van der Waals surface area contributed by atoms with Gasteiger partial charge in [-0.3, -0.25) is 9.59 Å². The number of hydrogen-bond acceptors (Lipinski definition) is 6. The lowest BCUT2D eigenvalue weighted by Crippen LogP contribution is -2.47. The average molecular weight is 547 g/mol. The van der Waals surface area contributed by atoms with Gasteiger partial charge < -0.3 is 15.7 Å². The summed E-state index contributed by atoms with van der Waals surface area (Å²) in [6, 6.07) is 8.39. The van der Waals surface area contributed by atoms with Gasteiger partial charge in [-0.15, -0.1) is 0 Å². The van der Waals surface area contributed by atoms with Crippen molar-refractivity contribution in [3.63, 3.8) is 0 Å². The molecule has 10 nitrogen and oxygen atoms in total. The molecule has 4 aromatic rings. The SMILES string of the molecule is Cc1cc2ccnn2c(C(=O)NC(C)(C)CO)c1NC(=O)c1cc(Br)nn1-c1ncccc1Cl. The van der Waals surface area contributed by atoms with E-state index in [0.717, 1.165) is 0 Å². The first-order valence-electron chi connectivity index (χ1n) is 10.2. The third kappa shape index (κ3) is 4.54. The minimum absolute atomic E-state index is 0.121. The second-order valence-electron chi connectivity index (χ2n) is 8.24. The normalized spacial score (nSPS) is 11.6. The molecule has 0 saturated carbocycles. The van der Waals surface area contributed by atoms with Crippen molar-refractivity contribution in [2.45, 2.75) is 26.3 Å². The van der Waals surface area contributed by atoms with Gasteiger partial charge in [0.25, 0.3) is 11.8 Å². The van der Waals surface area contributed by atoms with Crippen molar-refractivity contribution >= 4 is 50.5 Å². The van der Waals surface area contributed by atoms with Gasteiger partial charge in [-0.25, -0.2) is 14.2 Å². The van der Waals surface area contributed by atoms with Crippen LogP contribution in [0, 0.1) is 6.92 Å². The fourth-order valence-electron chi connectivity index (χ4n) is 3.36. The zero-order chi connectivity index (χ0) is 24.6. The molecule has 0 aliphatic rings. The van der Waals surface area contributed by atoms with E-state index in [-0.39, 0.29) is 29.5 Å². The van der Waals surface area contributed by atoms with E-state index in [4.69, 9.17) is 11.6 Å². The number of aryl methyl sites for hydroxylation is 1. The zero-order valence-corrected chi connectivity index (χ0v) is 20.8. The monoisotopic (exact) mass is 545 g/mol. The standard InChI is InChI=1S/C22H21BrClN7O3/c1-12-9-13-6-8-26-30(13)18(21(34)28-22(2,3)11-32)17(12)27-20(33)15-10-16(23)29-31(15)19-14(24)5-4-7-25-19/h4-10,32H,11H2,1-3H3,(H,27,33)(H,28,34). The summed E-state index contributed by atoms with van der Waals surface area (Å²) >= 11 is 9.56. The number of nitrogens with zero attached hydrogens (tertiary/aromatic N) is 5. The van der Waals surface area contributed by atoms with Gasteiger partial charge in [0.05, 0.1) is 34.6 Å².